The second kappa shape index (κ2) is 6.84. The van der Waals surface area contributed by atoms with Crippen molar-refractivity contribution in [2.45, 2.75) is 20.0 Å². The van der Waals surface area contributed by atoms with Gasteiger partial charge in [-0.3, -0.25) is 14.9 Å². The van der Waals surface area contributed by atoms with Crippen molar-refractivity contribution < 1.29 is 14.5 Å². The molecule has 1 aliphatic carbocycles. The van der Waals surface area contributed by atoms with Crippen LogP contribution in [0.15, 0.2) is 34.8 Å². The van der Waals surface area contributed by atoms with Crippen molar-refractivity contribution in [2.24, 2.45) is 17.3 Å². The molecule has 3 unspecified atom stereocenters. The Labute approximate surface area is 149 Å². The molecule has 3 atom stereocenters. The SMILES string of the molecule is C#CC(OC(=O)C1C(C=C(Cl)Cl)C1(C)C)c1cccc([N+](=O)[O-])c1. The third kappa shape index (κ3) is 3.72. The number of esters is 1. The summed E-state index contributed by atoms with van der Waals surface area (Å²) in [6.45, 7) is 3.80. The number of terminal acetylenes is 1. The molecule has 0 radical (unpaired) electrons. The van der Waals surface area contributed by atoms with Crippen molar-refractivity contribution in [3.63, 3.8) is 0 Å². The number of nitro benzene ring substituents is 1. The van der Waals surface area contributed by atoms with Gasteiger partial charge in [-0.25, -0.2) is 0 Å². The summed E-state index contributed by atoms with van der Waals surface area (Å²) in [5.74, 6) is 1.31. The van der Waals surface area contributed by atoms with E-state index in [-0.39, 0.29) is 21.5 Å². The Morgan fingerprint density at radius 2 is 2.17 bits per heavy atom. The van der Waals surface area contributed by atoms with Crippen LogP contribution in [0.2, 0.25) is 0 Å². The molecule has 5 nitrogen and oxygen atoms in total. The Balaban J connectivity index is 2.16. The predicted octanol–water partition coefficient (Wildman–Crippen LogP) is 4.40. The van der Waals surface area contributed by atoms with Gasteiger partial charge in [0.25, 0.3) is 5.69 Å². The van der Waals surface area contributed by atoms with Gasteiger partial charge in [-0.05, 0) is 17.4 Å². The topological polar surface area (TPSA) is 69.4 Å². The predicted molar refractivity (Wildman–Crippen MR) is 91.3 cm³/mol. The molecule has 2 rings (SSSR count). The van der Waals surface area contributed by atoms with Crippen LogP contribution < -0.4 is 0 Å². The van der Waals surface area contributed by atoms with E-state index in [4.69, 9.17) is 34.4 Å². The molecule has 0 bridgehead atoms. The van der Waals surface area contributed by atoms with Gasteiger partial charge in [-0.15, -0.1) is 6.42 Å². The highest BCUT2D eigenvalue weighted by Crippen LogP contribution is 2.60. The van der Waals surface area contributed by atoms with Gasteiger partial charge in [0.15, 0.2) is 6.10 Å². The van der Waals surface area contributed by atoms with Gasteiger partial charge in [0.1, 0.15) is 4.49 Å². The first-order valence-corrected chi connectivity index (χ1v) is 7.88. The number of hydrogen-bond acceptors (Lipinski definition) is 4. The molecule has 1 aliphatic rings. The van der Waals surface area contributed by atoms with Crippen molar-refractivity contribution in [1.29, 1.82) is 0 Å². The van der Waals surface area contributed by atoms with Crippen LogP contribution in [0.5, 0.6) is 0 Å². The van der Waals surface area contributed by atoms with Crippen LogP contribution in [-0.4, -0.2) is 10.9 Å². The maximum absolute atomic E-state index is 12.4. The molecule has 1 aromatic carbocycles. The zero-order chi connectivity index (χ0) is 18.1. The average molecular weight is 368 g/mol. The Kier molecular flexibility index (Phi) is 5.22. The van der Waals surface area contributed by atoms with Crippen LogP contribution in [0.1, 0.15) is 25.5 Å². The second-order valence-electron chi connectivity index (χ2n) is 6.12. The van der Waals surface area contributed by atoms with Crippen molar-refractivity contribution in [3.8, 4) is 12.3 Å². The van der Waals surface area contributed by atoms with Gasteiger partial charge in [0.2, 0.25) is 0 Å². The lowest BCUT2D eigenvalue weighted by Crippen LogP contribution is -2.14. The Hall–Kier alpha value is -2.03. The molecule has 0 amide bonds. The van der Waals surface area contributed by atoms with E-state index in [9.17, 15) is 14.9 Å². The molecule has 1 fully saturated rings. The Bertz CT molecular complexity index is 747. The number of carbonyl (C=O) groups is 1. The molecule has 24 heavy (non-hydrogen) atoms. The number of ether oxygens (including phenoxy) is 1. The number of nitrogens with zero attached hydrogens (tertiary/aromatic N) is 1. The zero-order valence-corrected chi connectivity index (χ0v) is 14.5. The lowest BCUT2D eigenvalue weighted by Gasteiger charge is -2.13. The minimum absolute atomic E-state index is 0.0931. The molecule has 0 heterocycles. The number of benzene rings is 1. The molecule has 7 heteroatoms. The average Bonchev–Trinajstić information content (AvgIpc) is 3.04. The maximum atomic E-state index is 12.4. The molecular formula is C17H15Cl2NO4. The van der Waals surface area contributed by atoms with Gasteiger partial charge in [-0.1, -0.05) is 55.1 Å². The number of nitro groups is 1. The van der Waals surface area contributed by atoms with Crippen molar-refractivity contribution in [2.75, 3.05) is 0 Å². The quantitative estimate of drug-likeness (QED) is 0.334. The maximum Gasteiger partial charge on any atom is 0.311 e. The minimum Gasteiger partial charge on any atom is -0.444 e. The zero-order valence-electron chi connectivity index (χ0n) is 13.0. The number of non-ortho nitro benzene ring substituents is 1. The monoisotopic (exact) mass is 367 g/mol. The molecule has 1 aromatic rings. The van der Waals surface area contributed by atoms with Crippen LogP contribution >= 0.6 is 23.2 Å². The third-order valence-corrected chi connectivity index (χ3v) is 4.49. The second-order valence-corrected chi connectivity index (χ2v) is 7.12. The van der Waals surface area contributed by atoms with Crippen molar-refractivity contribution in [3.05, 3.63) is 50.5 Å². The molecule has 0 spiro atoms. The van der Waals surface area contributed by atoms with E-state index in [1.54, 1.807) is 12.1 Å². The molecular weight excluding hydrogens is 353 g/mol. The van der Waals surface area contributed by atoms with Crippen LogP contribution in [-0.2, 0) is 9.53 Å². The number of carbonyl (C=O) groups excluding carboxylic acids is 1. The Morgan fingerprint density at radius 3 is 2.71 bits per heavy atom. The van der Waals surface area contributed by atoms with E-state index < -0.39 is 22.9 Å². The fraction of sp³-hybridized carbons (Fsp3) is 0.353. The fourth-order valence-electron chi connectivity index (χ4n) is 2.76. The highest BCUT2D eigenvalue weighted by molar-refractivity contribution is 6.55. The number of allylic oxidation sites excluding steroid dienone is 1. The summed E-state index contributed by atoms with van der Waals surface area (Å²) < 4.78 is 5.47. The van der Waals surface area contributed by atoms with Crippen molar-refractivity contribution in [1.82, 2.24) is 0 Å². The van der Waals surface area contributed by atoms with Crippen LogP contribution in [0.25, 0.3) is 0 Å². The van der Waals surface area contributed by atoms with E-state index >= 15 is 0 Å². The Morgan fingerprint density at radius 1 is 1.50 bits per heavy atom. The first-order valence-electron chi connectivity index (χ1n) is 7.12. The molecule has 0 N–H and O–H groups in total. The normalized spacial score (nSPS) is 22.0. The lowest BCUT2D eigenvalue weighted by molar-refractivity contribution is -0.385. The summed E-state index contributed by atoms with van der Waals surface area (Å²) in [4.78, 5) is 22.7. The summed E-state index contributed by atoms with van der Waals surface area (Å²) in [5, 5.41) is 10.9. The smallest absolute Gasteiger partial charge is 0.311 e. The first-order chi connectivity index (χ1) is 11.2. The number of rotatable bonds is 5. The fourth-order valence-corrected chi connectivity index (χ4v) is 3.04. The molecule has 0 saturated heterocycles. The summed E-state index contributed by atoms with van der Waals surface area (Å²) in [6.07, 6.45) is 6.04. The molecule has 0 aliphatic heterocycles. The van der Waals surface area contributed by atoms with Crippen molar-refractivity contribution >= 4 is 34.9 Å². The third-order valence-electron chi connectivity index (χ3n) is 4.24. The van der Waals surface area contributed by atoms with Crippen LogP contribution in [0.3, 0.4) is 0 Å². The minimum atomic E-state index is -0.995. The highest BCUT2D eigenvalue weighted by atomic mass is 35.5. The van der Waals surface area contributed by atoms with Crippen LogP contribution in [0.4, 0.5) is 5.69 Å². The van der Waals surface area contributed by atoms with E-state index in [2.05, 4.69) is 5.92 Å². The largest absolute Gasteiger partial charge is 0.444 e. The van der Waals surface area contributed by atoms with Gasteiger partial charge < -0.3 is 4.74 Å². The molecule has 1 saturated carbocycles. The van der Waals surface area contributed by atoms with E-state index in [0.29, 0.717) is 5.56 Å². The summed E-state index contributed by atoms with van der Waals surface area (Å²) in [6, 6.07) is 5.70. The van der Waals surface area contributed by atoms with Crippen LogP contribution in [0, 0.1) is 39.7 Å². The van der Waals surface area contributed by atoms with E-state index in [1.807, 2.05) is 13.8 Å². The lowest BCUT2D eigenvalue weighted by atomic mass is 10.1. The standard InChI is InChI=1S/C17H15Cl2NO4/c1-4-13(10-6-5-7-11(8-10)20(22)23)24-16(21)15-12(9-14(18)19)17(15,2)3/h1,5-9,12-13,15H,2-3H3. The van der Waals surface area contributed by atoms with Gasteiger partial charge in [0, 0.05) is 17.7 Å². The summed E-state index contributed by atoms with van der Waals surface area (Å²) >= 11 is 11.3. The molecule has 0 aromatic heterocycles. The summed E-state index contributed by atoms with van der Waals surface area (Å²) in [5.41, 5.74) is -0.0835. The number of halogens is 2. The van der Waals surface area contributed by atoms with E-state index in [1.165, 1.54) is 18.2 Å². The number of hydrogen-bond donors (Lipinski definition) is 0. The van der Waals surface area contributed by atoms with Gasteiger partial charge >= 0.3 is 5.97 Å². The van der Waals surface area contributed by atoms with Gasteiger partial charge in [-0.2, -0.15) is 0 Å². The van der Waals surface area contributed by atoms with Gasteiger partial charge in [0.05, 0.1) is 10.8 Å². The summed E-state index contributed by atoms with van der Waals surface area (Å²) in [7, 11) is 0. The highest BCUT2D eigenvalue weighted by Gasteiger charge is 2.61. The molecule has 126 valence electrons. The first kappa shape index (κ1) is 18.3. The van der Waals surface area contributed by atoms with E-state index in [0.717, 1.165) is 0 Å².